The zero-order chi connectivity index (χ0) is 17.1. The monoisotopic (exact) mass is 337 g/mol. The van der Waals surface area contributed by atoms with Crippen LogP contribution in [0, 0.1) is 13.8 Å². The second kappa shape index (κ2) is 6.81. The van der Waals surface area contributed by atoms with Gasteiger partial charge in [-0.2, -0.15) is 0 Å². The third-order valence-electron chi connectivity index (χ3n) is 3.70. The molecule has 24 heavy (non-hydrogen) atoms. The molecule has 1 heterocycles. The molecule has 0 spiro atoms. The maximum atomic E-state index is 12.5. The van der Waals surface area contributed by atoms with Crippen molar-refractivity contribution in [1.29, 1.82) is 0 Å². The van der Waals surface area contributed by atoms with E-state index in [0.29, 0.717) is 27.8 Å². The summed E-state index contributed by atoms with van der Waals surface area (Å²) in [6, 6.07) is 15.0. The number of aryl methyl sites for hydroxylation is 2. The lowest BCUT2D eigenvalue weighted by Crippen LogP contribution is -2.15. The number of hydrogen-bond donors (Lipinski definition) is 1. The van der Waals surface area contributed by atoms with E-state index in [0.717, 1.165) is 11.1 Å². The first-order chi connectivity index (χ1) is 11.5. The molecule has 0 aliphatic carbocycles. The summed E-state index contributed by atoms with van der Waals surface area (Å²) < 4.78 is 0. The Bertz CT molecular complexity index is 894. The fourth-order valence-corrected chi connectivity index (χ4v) is 2.51. The van der Waals surface area contributed by atoms with Crippen molar-refractivity contribution in [2.45, 2.75) is 13.8 Å². The largest absolute Gasteiger partial charge is 0.322 e. The molecule has 0 radical (unpaired) electrons. The molecule has 0 aliphatic rings. The number of benzene rings is 2. The Morgan fingerprint density at radius 3 is 2.54 bits per heavy atom. The van der Waals surface area contributed by atoms with Crippen molar-refractivity contribution in [3.63, 3.8) is 0 Å². The molecule has 1 N–H and O–H groups in total. The summed E-state index contributed by atoms with van der Waals surface area (Å²) in [5.41, 5.74) is 3.60. The van der Waals surface area contributed by atoms with Crippen LogP contribution in [-0.4, -0.2) is 15.9 Å². The highest BCUT2D eigenvalue weighted by Gasteiger charge is 2.14. The summed E-state index contributed by atoms with van der Waals surface area (Å²) in [4.78, 5) is 21.3. The Hall–Kier alpha value is -2.72. The van der Waals surface area contributed by atoms with Crippen LogP contribution in [0.5, 0.6) is 0 Å². The summed E-state index contributed by atoms with van der Waals surface area (Å²) in [6.07, 6.45) is 1.56. The highest BCUT2D eigenvalue weighted by Crippen LogP contribution is 2.22. The number of rotatable bonds is 3. The van der Waals surface area contributed by atoms with Gasteiger partial charge < -0.3 is 5.32 Å². The van der Waals surface area contributed by atoms with E-state index in [1.54, 1.807) is 25.3 Å². The van der Waals surface area contributed by atoms with E-state index in [-0.39, 0.29) is 5.91 Å². The summed E-state index contributed by atoms with van der Waals surface area (Å²) in [5.74, 6) is 0.348. The summed E-state index contributed by atoms with van der Waals surface area (Å²) in [6.45, 7) is 3.71. The molecule has 0 saturated heterocycles. The standard InChI is InChI=1S/C19H16ClN3O/c1-12-8-9-15(20)10-17(12)23-19(24)16-11-21-18(22-13(16)2)14-6-4-3-5-7-14/h3-11H,1-2H3,(H,23,24). The molecule has 0 unspecified atom stereocenters. The molecule has 4 nitrogen and oxygen atoms in total. The number of aromatic nitrogens is 2. The fraction of sp³-hybridized carbons (Fsp3) is 0.105. The average Bonchev–Trinajstić information content (AvgIpc) is 2.58. The number of carbonyl (C=O) groups excluding carboxylic acids is 1. The molecule has 1 aromatic heterocycles. The lowest BCUT2D eigenvalue weighted by molar-refractivity contribution is 0.102. The molecule has 0 saturated carbocycles. The van der Waals surface area contributed by atoms with Crippen molar-refractivity contribution in [3.05, 3.63) is 76.6 Å². The molecule has 0 fully saturated rings. The van der Waals surface area contributed by atoms with Gasteiger partial charge >= 0.3 is 0 Å². The minimum Gasteiger partial charge on any atom is -0.322 e. The highest BCUT2D eigenvalue weighted by atomic mass is 35.5. The lowest BCUT2D eigenvalue weighted by Gasteiger charge is -2.10. The number of halogens is 1. The van der Waals surface area contributed by atoms with Crippen LogP contribution >= 0.6 is 11.6 Å². The zero-order valence-electron chi connectivity index (χ0n) is 13.4. The van der Waals surface area contributed by atoms with Gasteiger partial charge in [-0.15, -0.1) is 0 Å². The van der Waals surface area contributed by atoms with E-state index in [1.165, 1.54) is 0 Å². The number of amides is 1. The van der Waals surface area contributed by atoms with Gasteiger partial charge in [0.15, 0.2) is 5.82 Å². The van der Waals surface area contributed by atoms with Crippen LogP contribution in [0.15, 0.2) is 54.7 Å². The number of anilines is 1. The predicted molar refractivity (Wildman–Crippen MR) is 96.3 cm³/mol. The van der Waals surface area contributed by atoms with Gasteiger partial charge in [0.1, 0.15) is 0 Å². The van der Waals surface area contributed by atoms with Crippen LogP contribution in [0.1, 0.15) is 21.6 Å². The maximum Gasteiger partial charge on any atom is 0.259 e. The maximum absolute atomic E-state index is 12.5. The number of hydrogen-bond acceptors (Lipinski definition) is 3. The van der Waals surface area contributed by atoms with Crippen LogP contribution < -0.4 is 5.32 Å². The number of nitrogens with zero attached hydrogens (tertiary/aromatic N) is 2. The highest BCUT2D eigenvalue weighted by molar-refractivity contribution is 6.31. The molecule has 5 heteroatoms. The van der Waals surface area contributed by atoms with Crippen LogP contribution in [0.4, 0.5) is 5.69 Å². The normalized spacial score (nSPS) is 10.5. The van der Waals surface area contributed by atoms with Gasteiger partial charge in [-0.25, -0.2) is 9.97 Å². The zero-order valence-corrected chi connectivity index (χ0v) is 14.1. The molecular formula is C19H16ClN3O. The van der Waals surface area contributed by atoms with Crippen LogP contribution in [-0.2, 0) is 0 Å². The van der Waals surface area contributed by atoms with Crippen molar-refractivity contribution < 1.29 is 4.79 Å². The molecule has 0 aliphatic heterocycles. The molecular weight excluding hydrogens is 322 g/mol. The van der Waals surface area contributed by atoms with Crippen LogP contribution in [0.25, 0.3) is 11.4 Å². The summed E-state index contributed by atoms with van der Waals surface area (Å²) >= 11 is 5.99. The Kier molecular flexibility index (Phi) is 4.58. The molecule has 3 aromatic rings. The fourth-order valence-electron chi connectivity index (χ4n) is 2.33. The van der Waals surface area contributed by atoms with Crippen LogP contribution in [0.2, 0.25) is 5.02 Å². The first kappa shape index (κ1) is 16.1. The van der Waals surface area contributed by atoms with E-state index in [1.807, 2.05) is 43.3 Å². The van der Waals surface area contributed by atoms with Crippen LogP contribution in [0.3, 0.4) is 0 Å². The van der Waals surface area contributed by atoms with Gasteiger partial charge in [-0.3, -0.25) is 4.79 Å². The van der Waals surface area contributed by atoms with E-state index >= 15 is 0 Å². The summed E-state index contributed by atoms with van der Waals surface area (Å²) in [7, 11) is 0. The Morgan fingerprint density at radius 1 is 1.08 bits per heavy atom. The van der Waals surface area contributed by atoms with Crippen molar-refractivity contribution in [2.24, 2.45) is 0 Å². The van der Waals surface area contributed by atoms with E-state index < -0.39 is 0 Å². The van der Waals surface area contributed by atoms with E-state index in [2.05, 4.69) is 15.3 Å². The third kappa shape index (κ3) is 3.44. The van der Waals surface area contributed by atoms with Gasteiger partial charge in [0.05, 0.1) is 11.3 Å². The van der Waals surface area contributed by atoms with Gasteiger partial charge in [-0.05, 0) is 31.5 Å². The molecule has 0 atom stereocenters. The molecule has 3 rings (SSSR count). The van der Waals surface area contributed by atoms with Crippen molar-refractivity contribution in [1.82, 2.24) is 9.97 Å². The molecule has 1 amide bonds. The predicted octanol–water partition coefficient (Wildman–Crippen LogP) is 4.67. The molecule has 2 aromatic carbocycles. The quantitative estimate of drug-likeness (QED) is 0.755. The topological polar surface area (TPSA) is 54.9 Å². The van der Waals surface area contributed by atoms with Crippen molar-refractivity contribution in [3.8, 4) is 11.4 Å². The number of nitrogens with one attached hydrogen (secondary N) is 1. The minimum absolute atomic E-state index is 0.252. The van der Waals surface area contributed by atoms with E-state index in [4.69, 9.17) is 11.6 Å². The van der Waals surface area contributed by atoms with Gasteiger partial charge in [0.2, 0.25) is 0 Å². The Morgan fingerprint density at radius 2 is 1.83 bits per heavy atom. The lowest BCUT2D eigenvalue weighted by atomic mass is 10.1. The van der Waals surface area contributed by atoms with Gasteiger partial charge in [0, 0.05) is 22.5 Å². The molecule has 120 valence electrons. The van der Waals surface area contributed by atoms with Crippen molar-refractivity contribution in [2.75, 3.05) is 5.32 Å². The Labute approximate surface area is 145 Å². The summed E-state index contributed by atoms with van der Waals surface area (Å²) in [5, 5.41) is 3.44. The van der Waals surface area contributed by atoms with Gasteiger partial charge in [0.25, 0.3) is 5.91 Å². The first-order valence-corrected chi connectivity index (χ1v) is 7.89. The second-order valence-electron chi connectivity index (χ2n) is 5.47. The Balaban J connectivity index is 1.87. The smallest absolute Gasteiger partial charge is 0.259 e. The van der Waals surface area contributed by atoms with E-state index in [9.17, 15) is 4.79 Å². The number of carbonyl (C=O) groups is 1. The first-order valence-electron chi connectivity index (χ1n) is 7.51. The molecule has 0 bridgehead atoms. The third-order valence-corrected chi connectivity index (χ3v) is 3.94. The average molecular weight is 338 g/mol. The SMILES string of the molecule is Cc1ccc(Cl)cc1NC(=O)c1cnc(-c2ccccc2)nc1C. The van der Waals surface area contributed by atoms with Gasteiger partial charge in [-0.1, -0.05) is 48.0 Å². The second-order valence-corrected chi connectivity index (χ2v) is 5.91. The minimum atomic E-state index is -0.252. The van der Waals surface area contributed by atoms with Crippen molar-refractivity contribution >= 4 is 23.2 Å².